The molecule has 0 spiro atoms. The van der Waals surface area contributed by atoms with Crippen LogP contribution in [0.5, 0.6) is 0 Å². The molecule has 1 aromatic rings. The molecule has 2 nitrogen and oxygen atoms in total. The third-order valence-corrected chi connectivity index (χ3v) is 1.42. The number of anilines is 1. The van der Waals surface area contributed by atoms with Crippen molar-refractivity contribution in [3.8, 4) is 0 Å². The van der Waals surface area contributed by atoms with Gasteiger partial charge < -0.3 is 5.32 Å². The number of nitrogens with one attached hydrogen (secondary N) is 1. The fraction of sp³-hybridized carbons (Fsp3) is 0.125. The molecule has 66 valence electrons. The summed E-state index contributed by atoms with van der Waals surface area (Å²) < 4.78 is 23.6. The molecule has 0 aliphatic heterocycles. The summed E-state index contributed by atoms with van der Waals surface area (Å²) in [6, 6.07) is 6.21. The van der Waals surface area contributed by atoms with Crippen LogP contribution in [0.2, 0.25) is 0 Å². The van der Waals surface area contributed by atoms with Crippen molar-refractivity contribution in [2.24, 2.45) is 0 Å². The maximum atomic E-state index is 11.8. The Morgan fingerprint density at radius 2 is 2.00 bits per heavy atom. The highest BCUT2D eigenvalue weighted by Crippen LogP contribution is 2.03. The van der Waals surface area contributed by atoms with Crippen molar-refractivity contribution < 1.29 is 13.6 Å². The van der Waals surface area contributed by atoms with Crippen molar-refractivity contribution in [2.75, 3.05) is 5.32 Å². The van der Waals surface area contributed by atoms with Gasteiger partial charge in [-0.25, -0.2) is 0 Å². The molecule has 5 heteroatoms. The fourth-order valence-corrected chi connectivity index (χ4v) is 0.798. The Balaban J connectivity index is 2.75. The van der Waals surface area contributed by atoms with Crippen LogP contribution in [0.1, 0.15) is 0 Å². The number of hydrogen-bond acceptors (Lipinski definition) is 1. The zero-order chi connectivity index (χ0) is 9.84. The summed E-state index contributed by atoms with van der Waals surface area (Å²) in [6.07, 6.45) is -3.03. The number of benzene rings is 1. The number of alkyl halides is 2. The normalized spacial score (nSPS) is 10.1. The summed E-state index contributed by atoms with van der Waals surface area (Å²) in [6.45, 7) is 0. The number of carbonyl (C=O) groups excluding carboxylic acids is 1. The smallest absolute Gasteiger partial charge is 0.315 e. The quantitative estimate of drug-likeness (QED) is 0.667. The maximum absolute atomic E-state index is 11.8. The third kappa shape index (κ3) is 2.54. The van der Waals surface area contributed by atoms with Crippen LogP contribution < -0.4 is 10.8 Å². The molecular weight excluding hydrogens is 175 g/mol. The van der Waals surface area contributed by atoms with Gasteiger partial charge >= 0.3 is 6.43 Å². The number of hydrogen-bond donors (Lipinski definition) is 1. The number of carbonyl (C=O) groups is 1. The first-order valence-corrected chi connectivity index (χ1v) is 3.55. The predicted octanol–water partition coefficient (Wildman–Crippen LogP) is 0.684. The number of rotatable bonds is 2. The summed E-state index contributed by atoms with van der Waals surface area (Å²) in [5.41, 5.74) is 0.462. The van der Waals surface area contributed by atoms with Gasteiger partial charge in [-0.05, 0) is 6.07 Å². The highest BCUT2D eigenvalue weighted by atomic mass is 19.3. The standard InChI is InChI=1S/C8H6BF2NO/c9-5-3-1-2-4-6(5)12-8(13)7(10)11/h1-4,7H,(H,12,13). The zero-order valence-electron chi connectivity index (χ0n) is 6.63. The first-order chi connectivity index (χ1) is 6.11. The van der Waals surface area contributed by atoms with Crippen molar-refractivity contribution in [2.45, 2.75) is 6.43 Å². The highest BCUT2D eigenvalue weighted by molar-refractivity contribution is 6.36. The lowest BCUT2D eigenvalue weighted by Crippen LogP contribution is -2.24. The Bertz CT molecular complexity index is 317. The lowest BCUT2D eigenvalue weighted by molar-refractivity contribution is -0.126. The maximum Gasteiger partial charge on any atom is 0.315 e. The van der Waals surface area contributed by atoms with Crippen molar-refractivity contribution in [3.63, 3.8) is 0 Å². The van der Waals surface area contributed by atoms with Crippen molar-refractivity contribution in [3.05, 3.63) is 24.3 Å². The molecule has 0 atom stereocenters. The lowest BCUT2D eigenvalue weighted by Gasteiger charge is -2.06. The molecule has 13 heavy (non-hydrogen) atoms. The second kappa shape index (κ2) is 4.02. The van der Waals surface area contributed by atoms with Crippen molar-refractivity contribution in [1.82, 2.24) is 0 Å². The van der Waals surface area contributed by atoms with Crippen LogP contribution in [0.3, 0.4) is 0 Å². The Morgan fingerprint density at radius 1 is 1.38 bits per heavy atom. The molecule has 1 rings (SSSR count). The van der Waals surface area contributed by atoms with E-state index >= 15 is 0 Å². The van der Waals surface area contributed by atoms with Gasteiger partial charge in [0.2, 0.25) is 0 Å². The Morgan fingerprint density at radius 3 is 2.54 bits per heavy atom. The van der Waals surface area contributed by atoms with E-state index in [1.165, 1.54) is 12.1 Å². The van der Waals surface area contributed by atoms with E-state index in [0.29, 0.717) is 0 Å². The number of halogens is 2. The monoisotopic (exact) mass is 181 g/mol. The number of para-hydroxylation sites is 1. The van der Waals surface area contributed by atoms with E-state index in [9.17, 15) is 13.6 Å². The zero-order valence-corrected chi connectivity index (χ0v) is 6.63. The second-order valence-electron chi connectivity index (χ2n) is 2.38. The van der Waals surface area contributed by atoms with Crippen molar-refractivity contribution in [1.29, 1.82) is 0 Å². The molecule has 0 saturated heterocycles. The minimum atomic E-state index is -3.03. The molecular formula is C8H6BF2NO. The minimum Gasteiger partial charge on any atom is -0.322 e. The van der Waals surface area contributed by atoms with E-state index in [1.807, 2.05) is 5.32 Å². The van der Waals surface area contributed by atoms with Crippen LogP contribution in [0.4, 0.5) is 14.5 Å². The van der Waals surface area contributed by atoms with Crippen molar-refractivity contribution >= 4 is 24.9 Å². The van der Waals surface area contributed by atoms with E-state index in [-0.39, 0.29) is 11.2 Å². The van der Waals surface area contributed by atoms with Crippen LogP contribution in [0.15, 0.2) is 24.3 Å². The Labute approximate surface area is 75.4 Å². The van der Waals surface area contributed by atoms with Gasteiger partial charge in [0, 0.05) is 5.69 Å². The lowest BCUT2D eigenvalue weighted by atomic mass is 9.94. The summed E-state index contributed by atoms with van der Waals surface area (Å²) in [4.78, 5) is 10.5. The van der Waals surface area contributed by atoms with Gasteiger partial charge in [0.05, 0.1) is 0 Å². The van der Waals surface area contributed by atoms with Gasteiger partial charge in [-0.1, -0.05) is 23.7 Å². The summed E-state index contributed by atoms with van der Waals surface area (Å²) in [5.74, 6) is -1.35. The molecule has 0 unspecified atom stereocenters. The topological polar surface area (TPSA) is 29.1 Å². The van der Waals surface area contributed by atoms with Gasteiger partial charge in [-0.15, -0.1) is 0 Å². The van der Waals surface area contributed by atoms with Crippen LogP contribution in [0, 0.1) is 0 Å². The van der Waals surface area contributed by atoms with Crippen LogP contribution >= 0.6 is 0 Å². The van der Waals surface area contributed by atoms with Gasteiger partial charge in [0.25, 0.3) is 5.91 Å². The first kappa shape index (κ1) is 9.70. The SMILES string of the molecule is [B]c1ccccc1NC(=O)C(F)F. The fourth-order valence-electron chi connectivity index (χ4n) is 0.798. The summed E-state index contributed by atoms with van der Waals surface area (Å²) in [5, 5.41) is 2.00. The molecule has 1 aromatic carbocycles. The van der Waals surface area contributed by atoms with Crippen LogP contribution in [-0.4, -0.2) is 20.2 Å². The molecule has 0 aromatic heterocycles. The highest BCUT2D eigenvalue weighted by Gasteiger charge is 2.15. The average Bonchev–Trinajstić information content (AvgIpc) is 2.08. The van der Waals surface area contributed by atoms with E-state index in [0.717, 1.165) is 0 Å². The molecule has 0 aliphatic carbocycles. The first-order valence-electron chi connectivity index (χ1n) is 3.55. The summed E-state index contributed by atoms with van der Waals surface area (Å²) >= 11 is 0. The molecule has 1 N–H and O–H groups in total. The van der Waals surface area contributed by atoms with Gasteiger partial charge in [0.15, 0.2) is 0 Å². The van der Waals surface area contributed by atoms with E-state index < -0.39 is 12.3 Å². The molecule has 1 amide bonds. The van der Waals surface area contributed by atoms with Gasteiger partial charge in [-0.2, -0.15) is 8.78 Å². The van der Waals surface area contributed by atoms with Gasteiger partial charge in [-0.3, -0.25) is 4.79 Å². The van der Waals surface area contributed by atoms with Gasteiger partial charge in [0.1, 0.15) is 7.85 Å². The molecule has 0 fully saturated rings. The van der Waals surface area contributed by atoms with Crippen LogP contribution in [-0.2, 0) is 4.79 Å². The molecule has 0 aliphatic rings. The van der Waals surface area contributed by atoms with E-state index in [4.69, 9.17) is 7.85 Å². The van der Waals surface area contributed by atoms with Crippen LogP contribution in [0.25, 0.3) is 0 Å². The molecule has 0 heterocycles. The van der Waals surface area contributed by atoms with E-state index in [2.05, 4.69) is 0 Å². The predicted molar refractivity (Wildman–Crippen MR) is 46.5 cm³/mol. The minimum absolute atomic E-state index is 0.202. The third-order valence-electron chi connectivity index (χ3n) is 1.42. The second-order valence-corrected chi connectivity index (χ2v) is 2.38. The number of amides is 1. The molecule has 0 saturated carbocycles. The Kier molecular flexibility index (Phi) is 3.00. The molecule has 0 bridgehead atoms. The summed E-state index contributed by atoms with van der Waals surface area (Å²) in [7, 11) is 5.41. The van der Waals surface area contributed by atoms with E-state index in [1.54, 1.807) is 12.1 Å². The Hall–Kier alpha value is -1.39. The molecule has 2 radical (unpaired) electrons. The average molecular weight is 181 g/mol. The largest absolute Gasteiger partial charge is 0.322 e.